The molecule has 0 bridgehead atoms. The Hall–Kier alpha value is -1.00. The first-order chi connectivity index (χ1) is 8.04. The number of aliphatic hydroxyl groups excluding tert-OH is 1. The molecule has 1 aromatic rings. The van der Waals surface area contributed by atoms with E-state index >= 15 is 0 Å². The van der Waals surface area contributed by atoms with Crippen LogP contribution in [0.1, 0.15) is 13.8 Å². The van der Waals surface area contributed by atoms with Crippen molar-refractivity contribution in [3.05, 3.63) is 24.0 Å². The zero-order valence-electron chi connectivity index (χ0n) is 9.91. The number of halogens is 2. The molecule has 1 rings (SSSR count). The first-order valence-electron chi connectivity index (χ1n) is 5.47. The van der Waals surface area contributed by atoms with Crippen LogP contribution in [0.15, 0.2) is 18.2 Å². The van der Waals surface area contributed by atoms with Crippen molar-refractivity contribution in [2.45, 2.75) is 26.1 Å². The molecule has 1 unspecified atom stereocenters. The predicted molar refractivity (Wildman–Crippen MR) is 67.4 cm³/mol. The van der Waals surface area contributed by atoms with E-state index in [1.54, 1.807) is 12.1 Å². The third-order valence-electron chi connectivity index (χ3n) is 2.03. The van der Waals surface area contributed by atoms with E-state index < -0.39 is 11.9 Å². The number of aliphatic hydroxyl groups is 1. The summed E-state index contributed by atoms with van der Waals surface area (Å²) in [6.45, 7) is 3.90. The molecule has 0 saturated carbocycles. The number of rotatable bonds is 6. The van der Waals surface area contributed by atoms with Gasteiger partial charge in [-0.05, 0) is 26.0 Å². The third-order valence-corrected chi connectivity index (χ3v) is 2.38. The van der Waals surface area contributed by atoms with Gasteiger partial charge in [0.15, 0.2) is 11.6 Å². The van der Waals surface area contributed by atoms with E-state index in [1.165, 1.54) is 6.07 Å². The molecule has 0 fully saturated rings. The van der Waals surface area contributed by atoms with Crippen LogP contribution >= 0.6 is 11.6 Å². The van der Waals surface area contributed by atoms with Crippen molar-refractivity contribution < 1.29 is 14.2 Å². The summed E-state index contributed by atoms with van der Waals surface area (Å²) >= 11 is 5.48. The predicted octanol–water partition coefficient (Wildman–Crippen LogP) is 2.62. The normalized spacial score (nSPS) is 12.6. The molecule has 96 valence electrons. The van der Waals surface area contributed by atoms with Gasteiger partial charge < -0.3 is 15.2 Å². The van der Waals surface area contributed by atoms with E-state index in [9.17, 15) is 9.50 Å². The zero-order chi connectivity index (χ0) is 12.8. The van der Waals surface area contributed by atoms with Crippen LogP contribution < -0.4 is 10.1 Å². The lowest BCUT2D eigenvalue weighted by atomic mass is 10.2. The molecule has 17 heavy (non-hydrogen) atoms. The largest absolute Gasteiger partial charge is 0.486 e. The van der Waals surface area contributed by atoms with Crippen LogP contribution in [0.5, 0.6) is 5.75 Å². The molecule has 0 radical (unpaired) electrons. The first-order valence-corrected chi connectivity index (χ1v) is 6.01. The molecule has 5 heteroatoms. The highest BCUT2D eigenvalue weighted by Gasteiger charge is 2.12. The maximum absolute atomic E-state index is 13.6. The molecule has 0 amide bonds. The summed E-state index contributed by atoms with van der Waals surface area (Å²) in [5, 5.41) is 12.2. The van der Waals surface area contributed by atoms with E-state index in [0.717, 1.165) is 0 Å². The highest BCUT2D eigenvalue weighted by atomic mass is 35.5. The van der Waals surface area contributed by atoms with Gasteiger partial charge in [-0.3, -0.25) is 0 Å². The van der Waals surface area contributed by atoms with E-state index in [-0.39, 0.29) is 24.3 Å². The summed E-state index contributed by atoms with van der Waals surface area (Å²) in [5.41, 5.74) is 0.517. The standard InChI is InChI=1S/C12H17ClFNO2/c1-8(2)17-12-10(14)4-3-5-11(12)15-7-9(16)6-13/h3-5,8-9,15-16H,6-7H2,1-2H3. The van der Waals surface area contributed by atoms with E-state index in [1.807, 2.05) is 13.8 Å². The molecular formula is C12H17ClFNO2. The van der Waals surface area contributed by atoms with E-state index in [4.69, 9.17) is 16.3 Å². The van der Waals surface area contributed by atoms with Crippen molar-refractivity contribution in [2.75, 3.05) is 17.7 Å². The smallest absolute Gasteiger partial charge is 0.178 e. The minimum atomic E-state index is -0.674. The van der Waals surface area contributed by atoms with E-state index in [0.29, 0.717) is 5.69 Å². The van der Waals surface area contributed by atoms with Crippen molar-refractivity contribution in [3.8, 4) is 5.75 Å². The fourth-order valence-corrected chi connectivity index (χ4v) is 1.39. The van der Waals surface area contributed by atoms with Gasteiger partial charge in [0, 0.05) is 6.54 Å². The molecule has 0 heterocycles. The highest BCUT2D eigenvalue weighted by molar-refractivity contribution is 6.18. The van der Waals surface area contributed by atoms with Crippen LogP contribution in [0, 0.1) is 5.82 Å². The van der Waals surface area contributed by atoms with Crippen LogP contribution in [0.3, 0.4) is 0 Å². The topological polar surface area (TPSA) is 41.5 Å². The maximum Gasteiger partial charge on any atom is 0.178 e. The Balaban J connectivity index is 2.79. The maximum atomic E-state index is 13.6. The Morgan fingerprint density at radius 3 is 2.76 bits per heavy atom. The lowest BCUT2D eigenvalue weighted by Gasteiger charge is -2.17. The van der Waals surface area contributed by atoms with Gasteiger partial charge in [-0.15, -0.1) is 11.6 Å². The van der Waals surface area contributed by atoms with Crippen molar-refractivity contribution in [2.24, 2.45) is 0 Å². The number of nitrogens with one attached hydrogen (secondary N) is 1. The molecule has 0 saturated heterocycles. The third kappa shape index (κ3) is 4.40. The molecular weight excluding hydrogens is 245 g/mol. The molecule has 1 atom stereocenters. The summed E-state index contributed by atoms with van der Waals surface area (Å²) in [4.78, 5) is 0. The summed E-state index contributed by atoms with van der Waals surface area (Å²) in [6.07, 6.45) is -0.794. The van der Waals surface area contributed by atoms with E-state index in [2.05, 4.69) is 5.32 Å². The second-order valence-electron chi connectivity index (χ2n) is 3.97. The minimum absolute atomic E-state index is 0.120. The Bertz CT molecular complexity index is 360. The average Bonchev–Trinajstić information content (AvgIpc) is 2.29. The molecule has 0 aliphatic carbocycles. The zero-order valence-corrected chi connectivity index (χ0v) is 10.7. The number of ether oxygens (including phenoxy) is 1. The first kappa shape index (κ1) is 14.1. The monoisotopic (exact) mass is 261 g/mol. The molecule has 3 nitrogen and oxygen atoms in total. The fourth-order valence-electron chi connectivity index (χ4n) is 1.29. The summed E-state index contributed by atoms with van der Waals surface area (Å²) in [5.74, 6) is -0.129. The number of para-hydroxylation sites is 1. The fraction of sp³-hybridized carbons (Fsp3) is 0.500. The van der Waals surface area contributed by atoms with Crippen LogP contribution in [-0.4, -0.2) is 29.7 Å². The number of alkyl halides is 1. The lowest BCUT2D eigenvalue weighted by molar-refractivity contribution is 0.210. The van der Waals surface area contributed by atoms with Crippen molar-refractivity contribution in [3.63, 3.8) is 0 Å². The SMILES string of the molecule is CC(C)Oc1c(F)cccc1NCC(O)CCl. The molecule has 0 spiro atoms. The summed E-state index contributed by atoms with van der Waals surface area (Å²) in [6, 6.07) is 4.61. The van der Waals surface area contributed by atoms with Gasteiger partial charge in [-0.1, -0.05) is 6.07 Å². The van der Waals surface area contributed by atoms with Gasteiger partial charge in [0.2, 0.25) is 0 Å². The Morgan fingerprint density at radius 2 is 2.18 bits per heavy atom. The Kier molecular flexibility index (Phi) is 5.51. The van der Waals surface area contributed by atoms with Gasteiger partial charge >= 0.3 is 0 Å². The number of benzene rings is 1. The van der Waals surface area contributed by atoms with Gasteiger partial charge in [0.25, 0.3) is 0 Å². The number of anilines is 1. The van der Waals surface area contributed by atoms with Crippen LogP contribution in [0.25, 0.3) is 0 Å². The molecule has 2 N–H and O–H groups in total. The summed E-state index contributed by atoms with van der Waals surface area (Å²) < 4.78 is 19.0. The van der Waals surface area contributed by atoms with Crippen molar-refractivity contribution >= 4 is 17.3 Å². The van der Waals surface area contributed by atoms with Gasteiger partial charge in [0.05, 0.1) is 23.8 Å². The Morgan fingerprint density at radius 1 is 1.47 bits per heavy atom. The quantitative estimate of drug-likeness (QED) is 0.774. The van der Waals surface area contributed by atoms with Gasteiger partial charge in [-0.2, -0.15) is 0 Å². The Labute approximate surface area is 106 Å². The molecule has 0 aliphatic rings. The van der Waals surface area contributed by atoms with Gasteiger partial charge in [0.1, 0.15) is 0 Å². The highest BCUT2D eigenvalue weighted by Crippen LogP contribution is 2.28. The number of hydrogen-bond donors (Lipinski definition) is 2. The second kappa shape index (κ2) is 6.67. The molecule has 0 aliphatic heterocycles. The van der Waals surface area contributed by atoms with Gasteiger partial charge in [-0.25, -0.2) is 4.39 Å². The van der Waals surface area contributed by atoms with Crippen LogP contribution in [0.4, 0.5) is 10.1 Å². The molecule has 1 aromatic carbocycles. The average molecular weight is 262 g/mol. The summed E-state index contributed by atoms with van der Waals surface area (Å²) in [7, 11) is 0. The van der Waals surface area contributed by atoms with Crippen molar-refractivity contribution in [1.29, 1.82) is 0 Å². The minimum Gasteiger partial charge on any atom is -0.486 e. The van der Waals surface area contributed by atoms with Crippen LogP contribution in [0.2, 0.25) is 0 Å². The lowest BCUT2D eigenvalue weighted by Crippen LogP contribution is -2.21. The number of hydrogen-bond acceptors (Lipinski definition) is 3. The van der Waals surface area contributed by atoms with Crippen molar-refractivity contribution in [1.82, 2.24) is 0 Å². The molecule has 0 aromatic heterocycles. The van der Waals surface area contributed by atoms with Crippen LogP contribution in [-0.2, 0) is 0 Å². The second-order valence-corrected chi connectivity index (χ2v) is 4.28.